The molecule has 2 rings (SSSR count). The third kappa shape index (κ3) is 5.96. The van der Waals surface area contributed by atoms with Crippen LogP contribution in [0, 0.1) is 0 Å². The number of nitrogens with one attached hydrogen (secondary N) is 2. The lowest BCUT2D eigenvalue weighted by Crippen LogP contribution is -2.35. The van der Waals surface area contributed by atoms with Crippen LogP contribution >= 0.6 is 0 Å². The first-order valence-corrected chi connectivity index (χ1v) is 8.62. The van der Waals surface area contributed by atoms with Crippen LogP contribution in [0.3, 0.4) is 0 Å². The molecule has 0 saturated carbocycles. The molecule has 10 nitrogen and oxygen atoms in total. The molecule has 158 valence electrons. The minimum atomic E-state index is -0.976. The van der Waals surface area contributed by atoms with Gasteiger partial charge in [-0.15, -0.1) is 0 Å². The lowest BCUT2D eigenvalue weighted by Gasteiger charge is -2.07. The van der Waals surface area contributed by atoms with Gasteiger partial charge in [-0.25, -0.2) is 10.9 Å². The number of nitrogens with zero attached hydrogens (tertiary/aromatic N) is 2. The topological polar surface area (TPSA) is 120 Å². The van der Waals surface area contributed by atoms with Crippen LogP contribution in [-0.2, 0) is 9.59 Å². The molecule has 0 heterocycles. The van der Waals surface area contributed by atoms with Crippen LogP contribution in [-0.4, -0.2) is 52.7 Å². The van der Waals surface area contributed by atoms with Gasteiger partial charge in [-0.05, 0) is 47.5 Å². The molecule has 0 aromatic heterocycles. The van der Waals surface area contributed by atoms with Crippen molar-refractivity contribution in [2.45, 2.75) is 0 Å². The van der Waals surface area contributed by atoms with E-state index in [0.29, 0.717) is 34.1 Å². The molecule has 0 atom stereocenters. The summed E-state index contributed by atoms with van der Waals surface area (Å²) in [5.74, 6) is 0.188. The molecule has 0 unspecified atom stereocenters. The van der Waals surface area contributed by atoms with Gasteiger partial charge >= 0.3 is 11.8 Å². The fourth-order valence-corrected chi connectivity index (χ4v) is 2.30. The highest BCUT2D eigenvalue weighted by Gasteiger charge is 2.11. The molecule has 0 spiro atoms. The third-order valence-corrected chi connectivity index (χ3v) is 3.78. The van der Waals surface area contributed by atoms with Gasteiger partial charge < -0.3 is 18.9 Å². The average molecular weight is 414 g/mol. The molecular formula is C20H22N4O6. The number of rotatable bonds is 8. The largest absolute Gasteiger partial charge is 0.493 e. The van der Waals surface area contributed by atoms with Crippen molar-refractivity contribution in [1.29, 1.82) is 0 Å². The number of hydrogen-bond acceptors (Lipinski definition) is 8. The standard InChI is InChI=1S/C20H22N4O6/c1-27-15-7-5-13(9-17(15)29-3)11-21-23-19(25)20(26)24-22-12-14-6-8-16(28-2)18(10-14)30-4/h5-12H,1-4H3,(H,23,25)(H,24,26). The zero-order valence-electron chi connectivity index (χ0n) is 17.0. The quantitative estimate of drug-likeness (QED) is 0.382. The zero-order valence-corrected chi connectivity index (χ0v) is 17.0. The maximum atomic E-state index is 11.8. The fourth-order valence-electron chi connectivity index (χ4n) is 2.30. The summed E-state index contributed by atoms with van der Waals surface area (Å²) in [6.45, 7) is 0. The first kappa shape index (κ1) is 22.2. The molecule has 2 amide bonds. The van der Waals surface area contributed by atoms with Crippen molar-refractivity contribution in [3.63, 3.8) is 0 Å². The Labute approximate surface area is 173 Å². The highest BCUT2D eigenvalue weighted by atomic mass is 16.5. The van der Waals surface area contributed by atoms with Crippen LogP contribution in [0.1, 0.15) is 11.1 Å². The third-order valence-electron chi connectivity index (χ3n) is 3.78. The lowest BCUT2D eigenvalue weighted by atomic mass is 10.2. The minimum Gasteiger partial charge on any atom is -0.493 e. The summed E-state index contributed by atoms with van der Waals surface area (Å²) in [5, 5.41) is 7.47. The number of ether oxygens (including phenoxy) is 4. The summed E-state index contributed by atoms with van der Waals surface area (Å²) >= 11 is 0. The van der Waals surface area contributed by atoms with Gasteiger partial charge in [-0.1, -0.05) is 0 Å². The maximum Gasteiger partial charge on any atom is 0.331 e. The smallest absolute Gasteiger partial charge is 0.331 e. The predicted octanol–water partition coefficient (Wildman–Crippen LogP) is 1.32. The second-order valence-electron chi connectivity index (χ2n) is 5.63. The Morgan fingerprint density at radius 1 is 0.667 bits per heavy atom. The first-order valence-electron chi connectivity index (χ1n) is 8.62. The molecule has 0 radical (unpaired) electrons. The van der Waals surface area contributed by atoms with Crippen LogP contribution in [0.25, 0.3) is 0 Å². The monoisotopic (exact) mass is 414 g/mol. The maximum absolute atomic E-state index is 11.8. The Hall–Kier alpha value is -4.08. The van der Waals surface area contributed by atoms with Crippen LogP contribution in [0.5, 0.6) is 23.0 Å². The molecule has 0 saturated heterocycles. The summed E-state index contributed by atoms with van der Waals surface area (Å²) in [5.41, 5.74) is 5.51. The molecule has 2 N–H and O–H groups in total. The molecule has 2 aromatic rings. The Morgan fingerprint density at radius 2 is 1.03 bits per heavy atom. The number of carbonyl (C=O) groups is 2. The van der Waals surface area contributed by atoms with Gasteiger partial charge in [0.15, 0.2) is 23.0 Å². The van der Waals surface area contributed by atoms with Crippen molar-refractivity contribution in [3.05, 3.63) is 47.5 Å². The Kier molecular flexibility index (Phi) is 8.18. The van der Waals surface area contributed by atoms with E-state index in [0.717, 1.165) is 0 Å². The fraction of sp³-hybridized carbons (Fsp3) is 0.200. The summed E-state index contributed by atoms with van der Waals surface area (Å²) in [6, 6.07) is 10.1. The van der Waals surface area contributed by atoms with Gasteiger partial charge in [0.1, 0.15) is 0 Å². The summed E-state index contributed by atoms with van der Waals surface area (Å²) in [7, 11) is 6.07. The number of amides is 2. The normalized spacial score (nSPS) is 10.7. The van der Waals surface area contributed by atoms with Crippen LogP contribution in [0.15, 0.2) is 46.6 Å². The SMILES string of the molecule is COc1ccc(C=NNC(=O)C(=O)NN=Cc2ccc(OC)c(OC)c2)cc1OC. The van der Waals surface area contributed by atoms with Gasteiger partial charge in [-0.2, -0.15) is 10.2 Å². The van der Waals surface area contributed by atoms with Crippen molar-refractivity contribution in [2.24, 2.45) is 10.2 Å². The number of benzene rings is 2. The van der Waals surface area contributed by atoms with E-state index < -0.39 is 11.8 Å². The molecule has 0 fully saturated rings. The minimum absolute atomic E-state index is 0.509. The summed E-state index contributed by atoms with van der Waals surface area (Å²) in [6.07, 6.45) is 2.72. The number of methoxy groups -OCH3 is 4. The van der Waals surface area contributed by atoms with E-state index in [9.17, 15) is 9.59 Å². The van der Waals surface area contributed by atoms with E-state index in [-0.39, 0.29) is 0 Å². The van der Waals surface area contributed by atoms with Gasteiger partial charge in [0.25, 0.3) is 0 Å². The summed E-state index contributed by atoms with van der Waals surface area (Å²) in [4.78, 5) is 23.6. The summed E-state index contributed by atoms with van der Waals surface area (Å²) < 4.78 is 20.6. The Balaban J connectivity index is 1.90. The molecule has 2 aromatic carbocycles. The van der Waals surface area contributed by atoms with Crippen molar-refractivity contribution in [1.82, 2.24) is 10.9 Å². The van der Waals surface area contributed by atoms with Gasteiger partial charge in [-0.3, -0.25) is 9.59 Å². The second-order valence-corrected chi connectivity index (χ2v) is 5.63. The van der Waals surface area contributed by atoms with Crippen LogP contribution in [0.2, 0.25) is 0 Å². The first-order chi connectivity index (χ1) is 14.5. The highest BCUT2D eigenvalue weighted by molar-refractivity contribution is 6.35. The van der Waals surface area contributed by atoms with Gasteiger partial charge in [0.2, 0.25) is 0 Å². The van der Waals surface area contributed by atoms with E-state index in [1.54, 1.807) is 36.4 Å². The van der Waals surface area contributed by atoms with Crippen molar-refractivity contribution >= 4 is 24.2 Å². The molecule has 30 heavy (non-hydrogen) atoms. The van der Waals surface area contributed by atoms with E-state index in [1.807, 2.05) is 0 Å². The van der Waals surface area contributed by atoms with Crippen molar-refractivity contribution in [2.75, 3.05) is 28.4 Å². The van der Waals surface area contributed by atoms with E-state index in [4.69, 9.17) is 18.9 Å². The van der Waals surface area contributed by atoms with E-state index in [1.165, 1.54) is 40.9 Å². The molecular weight excluding hydrogens is 392 g/mol. The van der Waals surface area contributed by atoms with Crippen molar-refractivity contribution < 1.29 is 28.5 Å². The number of hydrazone groups is 2. The molecule has 0 bridgehead atoms. The van der Waals surface area contributed by atoms with E-state index in [2.05, 4.69) is 21.1 Å². The zero-order chi connectivity index (χ0) is 21.9. The van der Waals surface area contributed by atoms with Crippen molar-refractivity contribution in [3.8, 4) is 23.0 Å². The Bertz CT molecular complexity index is 881. The molecule has 0 aliphatic heterocycles. The molecule has 10 heteroatoms. The number of hydrogen-bond donors (Lipinski definition) is 2. The predicted molar refractivity (Wildman–Crippen MR) is 111 cm³/mol. The van der Waals surface area contributed by atoms with Gasteiger partial charge in [0.05, 0.1) is 40.9 Å². The van der Waals surface area contributed by atoms with Crippen LogP contribution in [0.4, 0.5) is 0 Å². The molecule has 0 aliphatic carbocycles. The second kappa shape index (κ2) is 11.1. The number of carbonyl (C=O) groups excluding carboxylic acids is 2. The van der Waals surface area contributed by atoms with Gasteiger partial charge in [0, 0.05) is 0 Å². The molecule has 0 aliphatic rings. The lowest BCUT2D eigenvalue weighted by molar-refractivity contribution is -0.139. The average Bonchev–Trinajstić information content (AvgIpc) is 2.78. The van der Waals surface area contributed by atoms with Crippen LogP contribution < -0.4 is 29.8 Å². The van der Waals surface area contributed by atoms with E-state index >= 15 is 0 Å². The highest BCUT2D eigenvalue weighted by Crippen LogP contribution is 2.27. The Morgan fingerprint density at radius 3 is 1.37 bits per heavy atom.